The number of Topliss-reactive ketones (excluding diaryl/α,β-unsaturated/α-hetero) is 2. The van der Waals surface area contributed by atoms with E-state index in [4.69, 9.17) is 21.6 Å². The smallest absolute Gasteiger partial charge is 0.416 e. The first-order valence-corrected chi connectivity index (χ1v) is 16.0. The first kappa shape index (κ1) is 39.0. The molecule has 0 spiro atoms. The highest BCUT2D eigenvalue weighted by Gasteiger charge is 2.34. The van der Waals surface area contributed by atoms with Gasteiger partial charge in [0, 0.05) is 55.4 Å². The standard InChI is InChI=1S/C33H34F6N4O5S/c34-32(35,36)23-13-21(15-26(44)4-2-1-3-5-30(41)42)31(49-11-10-40)22(14-23)16-27(45)12-20-6-8-28(9-7-20)48-29-18-24(33(37,38)39)17-25(19-29)43(46)47/h6-9,13-14,17-19H,1-5,10-12,15-16,40H2,(H3,41,42). The zero-order valence-electron chi connectivity index (χ0n) is 26.1. The molecule has 0 aliphatic carbocycles. The Hall–Kier alpha value is -4.44. The van der Waals surface area contributed by atoms with E-state index in [9.17, 15) is 46.0 Å². The Morgan fingerprint density at radius 3 is 1.92 bits per heavy atom. The summed E-state index contributed by atoms with van der Waals surface area (Å²) in [5.74, 6) is -0.755. The molecule has 0 heterocycles. The third-order valence-corrected chi connectivity index (χ3v) is 8.35. The topological polar surface area (TPSA) is 162 Å². The number of hydrogen-bond donors (Lipinski definition) is 3. The second kappa shape index (κ2) is 17.3. The second-order valence-corrected chi connectivity index (χ2v) is 12.3. The number of carbonyl (C=O) groups is 2. The highest BCUT2D eigenvalue weighted by Crippen LogP contribution is 2.38. The lowest BCUT2D eigenvalue weighted by Crippen LogP contribution is -2.14. The van der Waals surface area contributed by atoms with E-state index in [1.807, 2.05) is 0 Å². The lowest BCUT2D eigenvalue weighted by Gasteiger charge is -2.18. The van der Waals surface area contributed by atoms with E-state index in [-0.39, 0.29) is 60.7 Å². The summed E-state index contributed by atoms with van der Waals surface area (Å²) >= 11 is 1.16. The lowest BCUT2D eigenvalue weighted by molar-refractivity contribution is -0.385. The fraction of sp³-hybridized carbons (Fsp3) is 0.364. The van der Waals surface area contributed by atoms with Crippen LogP contribution in [0.2, 0.25) is 0 Å². The molecular weight excluding hydrogens is 678 g/mol. The molecule has 3 aromatic rings. The van der Waals surface area contributed by atoms with E-state index in [1.165, 1.54) is 24.3 Å². The van der Waals surface area contributed by atoms with E-state index in [1.54, 1.807) is 0 Å². The molecule has 0 fully saturated rings. The quantitative estimate of drug-likeness (QED) is 0.0229. The maximum absolute atomic E-state index is 13.9. The van der Waals surface area contributed by atoms with Gasteiger partial charge in [-0.2, -0.15) is 26.3 Å². The average molecular weight is 713 g/mol. The Kier molecular flexibility index (Phi) is 13.8. The summed E-state index contributed by atoms with van der Waals surface area (Å²) < 4.78 is 86.8. The van der Waals surface area contributed by atoms with Crippen molar-refractivity contribution in [1.29, 1.82) is 5.41 Å². The number of ketones is 2. The number of carbonyl (C=O) groups excluding carboxylic acids is 2. The third-order valence-electron chi connectivity index (χ3n) is 7.10. The van der Waals surface area contributed by atoms with Crippen LogP contribution in [0.5, 0.6) is 11.5 Å². The highest BCUT2D eigenvalue weighted by atomic mass is 32.2. The number of halogens is 6. The average Bonchev–Trinajstić information content (AvgIpc) is 3.00. The molecule has 0 radical (unpaired) electrons. The maximum atomic E-state index is 13.9. The number of nitro benzene ring substituents is 1. The molecule has 0 atom stereocenters. The summed E-state index contributed by atoms with van der Waals surface area (Å²) in [6.07, 6.45) is -8.18. The fourth-order valence-electron chi connectivity index (χ4n) is 4.87. The van der Waals surface area contributed by atoms with Crippen LogP contribution in [0.1, 0.15) is 59.9 Å². The van der Waals surface area contributed by atoms with Crippen molar-refractivity contribution in [3.05, 3.63) is 92.5 Å². The van der Waals surface area contributed by atoms with Crippen molar-refractivity contribution < 1.29 is 45.6 Å². The maximum Gasteiger partial charge on any atom is 0.416 e. The van der Waals surface area contributed by atoms with E-state index in [2.05, 4.69) is 0 Å². The Balaban J connectivity index is 1.79. The van der Waals surface area contributed by atoms with Gasteiger partial charge in [0.2, 0.25) is 0 Å². The fourth-order valence-corrected chi connectivity index (χ4v) is 5.82. The minimum Gasteiger partial charge on any atom is -0.457 e. The number of unbranched alkanes of at least 4 members (excludes halogenated alkanes) is 2. The molecule has 9 nitrogen and oxygen atoms in total. The van der Waals surface area contributed by atoms with Crippen LogP contribution in [0.25, 0.3) is 0 Å². The van der Waals surface area contributed by atoms with E-state index in [0.717, 1.165) is 30.0 Å². The van der Waals surface area contributed by atoms with E-state index in [0.29, 0.717) is 54.0 Å². The normalized spacial score (nSPS) is 11.7. The highest BCUT2D eigenvalue weighted by molar-refractivity contribution is 7.99. The Morgan fingerprint density at radius 2 is 1.37 bits per heavy atom. The summed E-state index contributed by atoms with van der Waals surface area (Å²) in [7, 11) is 0. The van der Waals surface area contributed by atoms with Crippen molar-refractivity contribution in [2.24, 2.45) is 11.5 Å². The van der Waals surface area contributed by atoms with Crippen LogP contribution in [0.4, 0.5) is 32.0 Å². The van der Waals surface area contributed by atoms with Crippen LogP contribution < -0.4 is 16.2 Å². The predicted molar refractivity (Wildman–Crippen MR) is 172 cm³/mol. The molecule has 0 bridgehead atoms. The summed E-state index contributed by atoms with van der Waals surface area (Å²) in [6.45, 7) is 0.199. The Morgan fingerprint density at radius 1 is 0.796 bits per heavy atom. The van der Waals surface area contributed by atoms with Crippen LogP contribution in [0, 0.1) is 15.5 Å². The van der Waals surface area contributed by atoms with Crippen molar-refractivity contribution in [3.63, 3.8) is 0 Å². The van der Waals surface area contributed by atoms with Crippen molar-refractivity contribution in [3.8, 4) is 11.5 Å². The number of nitrogens with zero attached hydrogens (tertiary/aromatic N) is 1. The number of thioether (sulfide) groups is 1. The van der Waals surface area contributed by atoms with Crippen LogP contribution in [0.3, 0.4) is 0 Å². The number of hydrogen-bond acceptors (Lipinski definition) is 8. The van der Waals surface area contributed by atoms with Crippen LogP contribution >= 0.6 is 11.8 Å². The van der Waals surface area contributed by atoms with E-state index >= 15 is 0 Å². The summed E-state index contributed by atoms with van der Waals surface area (Å²) in [4.78, 5) is 36.4. The molecule has 16 heteroatoms. The minimum absolute atomic E-state index is 0.0244. The Bertz CT molecular complexity index is 1660. The molecule has 0 aliphatic rings. The van der Waals surface area contributed by atoms with Gasteiger partial charge in [0.25, 0.3) is 5.69 Å². The predicted octanol–water partition coefficient (Wildman–Crippen LogP) is 7.83. The van der Waals surface area contributed by atoms with Crippen molar-refractivity contribution in [1.82, 2.24) is 0 Å². The summed E-state index contributed by atoms with van der Waals surface area (Å²) in [5, 5.41) is 18.4. The largest absolute Gasteiger partial charge is 0.457 e. The zero-order chi connectivity index (χ0) is 36.4. The molecule has 49 heavy (non-hydrogen) atoms. The number of non-ortho nitro benzene ring substituents is 1. The minimum atomic E-state index is -4.86. The SMILES string of the molecule is N=C(N)CCCCCC(=O)Cc1cc(C(F)(F)F)cc(CC(=O)Cc2ccc(Oc3cc([N+](=O)[O-])cc(C(F)(F)F)c3)cc2)c1SCCN. The number of alkyl halides is 6. The van der Waals surface area contributed by atoms with Crippen LogP contribution in [-0.2, 0) is 41.2 Å². The molecule has 3 rings (SSSR count). The van der Waals surface area contributed by atoms with Gasteiger partial charge in [-0.05, 0) is 59.9 Å². The van der Waals surface area contributed by atoms with Gasteiger partial charge in [-0.1, -0.05) is 18.6 Å². The molecule has 0 saturated heterocycles. The third kappa shape index (κ3) is 12.5. The van der Waals surface area contributed by atoms with Gasteiger partial charge in [0.05, 0.1) is 28.0 Å². The molecule has 0 aromatic heterocycles. The van der Waals surface area contributed by atoms with Crippen molar-refractivity contribution in [2.75, 3.05) is 12.3 Å². The van der Waals surface area contributed by atoms with Crippen molar-refractivity contribution >= 4 is 34.9 Å². The lowest BCUT2D eigenvalue weighted by atomic mass is 9.95. The van der Waals surface area contributed by atoms with Gasteiger partial charge in [-0.25, -0.2) is 0 Å². The monoisotopic (exact) mass is 712 g/mol. The number of amidine groups is 1. The van der Waals surface area contributed by atoms with Gasteiger partial charge < -0.3 is 16.2 Å². The first-order valence-electron chi connectivity index (χ1n) is 15.0. The number of ether oxygens (including phenoxy) is 1. The number of nitrogens with two attached hydrogens (primary N) is 2. The first-order chi connectivity index (χ1) is 23.0. The molecule has 0 amide bonds. The van der Waals surface area contributed by atoms with Crippen LogP contribution in [0.15, 0.2) is 59.5 Å². The number of benzene rings is 3. The van der Waals surface area contributed by atoms with Gasteiger partial charge in [0.15, 0.2) is 0 Å². The molecule has 5 N–H and O–H groups in total. The van der Waals surface area contributed by atoms with Gasteiger partial charge >= 0.3 is 12.4 Å². The molecule has 0 saturated carbocycles. The molecule has 3 aromatic carbocycles. The van der Waals surface area contributed by atoms with Crippen LogP contribution in [-0.4, -0.2) is 34.6 Å². The number of nitro groups is 1. The molecule has 264 valence electrons. The molecule has 0 aliphatic heterocycles. The summed E-state index contributed by atoms with van der Waals surface area (Å²) in [5.41, 5.74) is 8.59. The van der Waals surface area contributed by atoms with Gasteiger partial charge in [-0.15, -0.1) is 11.8 Å². The van der Waals surface area contributed by atoms with E-state index < -0.39 is 45.6 Å². The summed E-state index contributed by atoms with van der Waals surface area (Å²) in [6, 6.07) is 9.21. The number of nitrogens with one attached hydrogen (secondary N) is 1. The zero-order valence-corrected chi connectivity index (χ0v) is 26.9. The molecule has 0 unspecified atom stereocenters. The Labute approximate surface area is 282 Å². The number of rotatable bonds is 18. The van der Waals surface area contributed by atoms with Crippen molar-refractivity contribution in [2.45, 2.75) is 68.6 Å². The van der Waals surface area contributed by atoms with Gasteiger partial charge in [-0.3, -0.25) is 25.1 Å². The molecular formula is C33H34F6N4O5S. The van der Waals surface area contributed by atoms with Gasteiger partial charge in [0.1, 0.15) is 23.1 Å². The second-order valence-electron chi connectivity index (χ2n) is 11.2.